The molecule has 1 N–H and O–H groups in total. The zero-order chi connectivity index (χ0) is 13.8. The van der Waals surface area contributed by atoms with Gasteiger partial charge in [0, 0.05) is 36.0 Å². The SMILES string of the molecule is CCCNC1CCOC(c2cncc3ccccc23)C1. The van der Waals surface area contributed by atoms with Gasteiger partial charge in [-0.15, -0.1) is 0 Å². The van der Waals surface area contributed by atoms with Crippen LogP contribution in [0.2, 0.25) is 0 Å². The van der Waals surface area contributed by atoms with Crippen LogP contribution >= 0.6 is 0 Å². The third kappa shape index (κ3) is 2.84. The minimum Gasteiger partial charge on any atom is -0.373 e. The van der Waals surface area contributed by atoms with Crippen molar-refractivity contribution < 1.29 is 4.74 Å². The van der Waals surface area contributed by atoms with E-state index in [2.05, 4.69) is 41.5 Å². The van der Waals surface area contributed by atoms with Gasteiger partial charge in [-0.1, -0.05) is 31.2 Å². The van der Waals surface area contributed by atoms with Gasteiger partial charge in [-0.3, -0.25) is 4.98 Å². The molecule has 1 aliphatic heterocycles. The van der Waals surface area contributed by atoms with E-state index in [0.717, 1.165) is 26.0 Å². The molecule has 0 saturated carbocycles. The summed E-state index contributed by atoms with van der Waals surface area (Å²) < 4.78 is 6.00. The Balaban J connectivity index is 1.83. The number of aromatic nitrogens is 1. The Morgan fingerprint density at radius 2 is 2.20 bits per heavy atom. The fourth-order valence-corrected chi connectivity index (χ4v) is 2.94. The first kappa shape index (κ1) is 13.5. The van der Waals surface area contributed by atoms with E-state index >= 15 is 0 Å². The van der Waals surface area contributed by atoms with Gasteiger partial charge in [-0.05, 0) is 31.2 Å². The lowest BCUT2D eigenvalue weighted by Gasteiger charge is -2.31. The standard InChI is InChI=1S/C17H22N2O/c1-2-8-19-14-7-9-20-17(10-14)16-12-18-11-13-5-3-4-6-15(13)16/h3-6,11-12,14,17,19H,2,7-10H2,1H3. The smallest absolute Gasteiger partial charge is 0.0860 e. The summed E-state index contributed by atoms with van der Waals surface area (Å²) in [5, 5.41) is 6.08. The molecule has 106 valence electrons. The van der Waals surface area contributed by atoms with E-state index in [4.69, 9.17) is 4.74 Å². The summed E-state index contributed by atoms with van der Waals surface area (Å²) in [7, 11) is 0. The molecule has 1 aromatic carbocycles. The van der Waals surface area contributed by atoms with Crippen molar-refractivity contribution in [2.24, 2.45) is 0 Å². The number of hydrogen-bond acceptors (Lipinski definition) is 3. The molecule has 2 aromatic rings. The molecular formula is C17H22N2O. The molecule has 0 spiro atoms. The van der Waals surface area contributed by atoms with Crippen molar-refractivity contribution in [1.29, 1.82) is 0 Å². The van der Waals surface area contributed by atoms with Crippen molar-refractivity contribution in [3.05, 3.63) is 42.2 Å². The lowest BCUT2D eigenvalue weighted by molar-refractivity contribution is 0.00104. The Morgan fingerprint density at radius 1 is 1.30 bits per heavy atom. The van der Waals surface area contributed by atoms with Gasteiger partial charge < -0.3 is 10.1 Å². The molecule has 2 heterocycles. The molecule has 2 unspecified atom stereocenters. The monoisotopic (exact) mass is 270 g/mol. The summed E-state index contributed by atoms with van der Waals surface area (Å²) in [5.41, 5.74) is 1.23. The quantitative estimate of drug-likeness (QED) is 0.924. The van der Waals surface area contributed by atoms with Crippen LogP contribution < -0.4 is 5.32 Å². The van der Waals surface area contributed by atoms with Gasteiger partial charge >= 0.3 is 0 Å². The van der Waals surface area contributed by atoms with E-state index in [1.807, 2.05) is 12.4 Å². The third-order valence-corrected chi connectivity index (χ3v) is 4.01. The van der Waals surface area contributed by atoms with E-state index in [1.165, 1.54) is 22.8 Å². The molecule has 1 aromatic heterocycles. The Hall–Kier alpha value is -1.45. The van der Waals surface area contributed by atoms with Crippen molar-refractivity contribution in [2.75, 3.05) is 13.2 Å². The van der Waals surface area contributed by atoms with Gasteiger partial charge in [0.1, 0.15) is 0 Å². The van der Waals surface area contributed by atoms with Crippen LogP contribution in [0.1, 0.15) is 37.9 Å². The number of fused-ring (bicyclic) bond motifs is 1. The van der Waals surface area contributed by atoms with E-state index in [1.54, 1.807) is 0 Å². The zero-order valence-electron chi connectivity index (χ0n) is 12.0. The fraction of sp³-hybridized carbons (Fsp3) is 0.471. The van der Waals surface area contributed by atoms with Gasteiger partial charge in [0.15, 0.2) is 0 Å². The number of ether oxygens (including phenoxy) is 1. The first-order valence-corrected chi connectivity index (χ1v) is 7.56. The predicted octanol–water partition coefficient (Wildman–Crippen LogP) is 3.45. The summed E-state index contributed by atoms with van der Waals surface area (Å²) in [6.07, 6.45) is 7.38. The highest BCUT2D eigenvalue weighted by molar-refractivity contribution is 5.84. The zero-order valence-corrected chi connectivity index (χ0v) is 12.0. The minimum absolute atomic E-state index is 0.164. The largest absolute Gasteiger partial charge is 0.373 e. The Morgan fingerprint density at radius 3 is 3.10 bits per heavy atom. The lowest BCUT2D eigenvalue weighted by Crippen LogP contribution is -2.36. The van der Waals surface area contributed by atoms with E-state index in [0.29, 0.717) is 6.04 Å². The molecule has 1 saturated heterocycles. The fourth-order valence-electron chi connectivity index (χ4n) is 2.94. The predicted molar refractivity (Wildman–Crippen MR) is 81.8 cm³/mol. The number of nitrogens with one attached hydrogen (secondary N) is 1. The van der Waals surface area contributed by atoms with Crippen LogP contribution in [0.4, 0.5) is 0 Å². The summed E-state index contributed by atoms with van der Waals surface area (Å²) >= 11 is 0. The summed E-state index contributed by atoms with van der Waals surface area (Å²) in [5.74, 6) is 0. The van der Waals surface area contributed by atoms with Crippen molar-refractivity contribution in [1.82, 2.24) is 10.3 Å². The van der Waals surface area contributed by atoms with Crippen LogP contribution in [0.25, 0.3) is 10.8 Å². The minimum atomic E-state index is 0.164. The second kappa shape index (κ2) is 6.33. The number of benzene rings is 1. The molecule has 3 heteroatoms. The van der Waals surface area contributed by atoms with Gasteiger partial charge in [-0.2, -0.15) is 0 Å². The Bertz CT molecular complexity index is 564. The average molecular weight is 270 g/mol. The Kier molecular flexibility index (Phi) is 4.28. The normalized spacial score (nSPS) is 23.1. The van der Waals surface area contributed by atoms with Crippen molar-refractivity contribution in [3.8, 4) is 0 Å². The summed E-state index contributed by atoms with van der Waals surface area (Å²) in [4.78, 5) is 4.37. The van der Waals surface area contributed by atoms with E-state index < -0.39 is 0 Å². The van der Waals surface area contributed by atoms with Crippen LogP contribution in [0.15, 0.2) is 36.7 Å². The second-order valence-electron chi connectivity index (χ2n) is 5.48. The maximum atomic E-state index is 6.00. The first-order chi connectivity index (χ1) is 9.88. The van der Waals surface area contributed by atoms with Crippen molar-refractivity contribution >= 4 is 10.8 Å². The molecule has 0 aliphatic carbocycles. The van der Waals surface area contributed by atoms with Crippen LogP contribution in [0, 0.1) is 0 Å². The second-order valence-corrected chi connectivity index (χ2v) is 5.48. The molecule has 3 nitrogen and oxygen atoms in total. The number of nitrogens with zero attached hydrogens (tertiary/aromatic N) is 1. The highest BCUT2D eigenvalue weighted by atomic mass is 16.5. The van der Waals surface area contributed by atoms with Crippen LogP contribution in [0.5, 0.6) is 0 Å². The molecular weight excluding hydrogens is 248 g/mol. The highest BCUT2D eigenvalue weighted by Gasteiger charge is 2.24. The topological polar surface area (TPSA) is 34.1 Å². The molecule has 2 atom stereocenters. The average Bonchev–Trinajstić information content (AvgIpc) is 2.52. The molecule has 1 fully saturated rings. The lowest BCUT2D eigenvalue weighted by atomic mass is 9.95. The molecule has 0 amide bonds. The van der Waals surface area contributed by atoms with Gasteiger partial charge in [0.05, 0.1) is 6.10 Å². The van der Waals surface area contributed by atoms with Crippen molar-refractivity contribution in [2.45, 2.75) is 38.3 Å². The summed E-state index contributed by atoms with van der Waals surface area (Å²) in [6, 6.07) is 8.98. The van der Waals surface area contributed by atoms with Crippen LogP contribution in [-0.2, 0) is 4.74 Å². The first-order valence-electron chi connectivity index (χ1n) is 7.56. The van der Waals surface area contributed by atoms with Gasteiger partial charge in [0.2, 0.25) is 0 Å². The molecule has 3 rings (SSSR count). The van der Waals surface area contributed by atoms with Crippen molar-refractivity contribution in [3.63, 3.8) is 0 Å². The van der Waals surface area contributed by atoms with E-state index in [-0.39, 0.29) is 6.10 Å². The maximum absolute atomic E-state index is 6.00. The molecule has 0 bridgehead atoms. The number of rotatable bonds is 4. The third-order valence-electron chi connectivity index (χ3n) is 4.01. The highest BCUT2D eigenvalue weighted by Crippen LogP contribution is 2.32. The molecule has 0 radical (unpaired) electrons. The molecule has 1 aliphatic rings. The van der Waals surface area contributed by atoms with Crippen LogP contribution in [0.3, 0.4) is 0 Å². The van der Waals surface area contributed by atoms with Gasteiger partial charge in [-0.25, -0.2) is 0 Å². The number of hydrogen-bond donors (Lipinski definition) is 1. The van der Waals surface area contributed by atoms with E-state index in [9.17, 15) is 0 Å². The molecule has 20 heavy (non-hydrogen) atoms. The maximum Gasteiger partial charge on any atom is 0.0860 e. The number of pyridine rings is 1. The summed E-state index contributed by atoms with van der Waals surface area (Å²) in [6.45, 7) is 4.12. The van der Waals surface area contributed by atoms with Gasteiger partial charge in [0.25, 0.3) is 0 Å². The Labute approximate surface area is 120 Å². The van der Waals surface area contributed by atoms with Crippen LogP contribution in [-0.4, -0.2) is 24.2 Å².